The maximum absolute atomic E-state index is 12.3. The van der Waals surface area contributed by atoms with Crippen molar-refractivity contribution in [1.29, 1.82) is 0 Å². The molecule has 1 aliphatic heterocycles. The van der Waals surface area contributed by atoms with E-state index < -0.39 is 35.7 Å². The maximum Gasteiger partial charge on any atom is 0.330 e. The van der Waals surface area contributed by atoms with Crippen molar-refractivity contribution in [3.8, 4) is 0 Å². The summed E-state index contributed by atoms with van der Waals surface area (Å²) in [4.78, 5) is 61.7. The molecule has 1 aromatic rings. The minimum Gasteiger partial charge on any atom is -0.459 e. The van der Waals surface area contributed by atoms with Gasteiger partial charge in [0.25, 0.3) is 5.56 Å². The molecule has 2 amide bonds. The third-order valence-corrected chi connectivity index (χ3v) is 5.32. The second kappa shape index (κ2) is 13.7. The summed E-state index contributed by atoms with van der Waals surface area (Å²) < 4.78 is 17.8. The zero-order valence-corrected chi connectivity index (χ0v) is 19.9. The number of nitrogens with zero attached hydrogens (tertiary/aromatic N) is 1. The van der Waals surface area contributed by atoms with Gasteiger partial charge in [-0.3, -0.25) is 28.7 Å². The normalized spacial score (nSPS) is 19.6. The molecule has 3 atom stereocenters. The summed E-state index contributed by atoms with van der Waals surface area (Å²) in [6.07, 6.45) is 0.685. The standard InChI is InChI=1S/C22H34N4O8/c1-4-15-16(12-19(33-15)26-13-14(3)21(30)25-22(26)31)34-20(29)7-6-17(27)23-9-10-24-18(28)8-11-32-5-2/h13,15-16,19H,4-12H2,1-3H3,(H,23,27)(H,24,28)(H,25,30,31). The maximum atomic E-state index is 12.3. The van der Waals surface area contributed by atoms with Crippen LogP contribution in [-0.2, 0) is 28.6 Å². The quantitative estimate of drug-likeness (QED) is 0.260. The van der Waals surface area contributed by atoms with E-state index in [0.717, 1.165) is 0 Å². The van der Waals surface area contributed by atoms with Crippen molar-refractivity contribution in [2.45, 2.75) is 71.3 Å². The van der Waals surface area contributed by atoms with Gasteiger partial charge >= 0.3 is 11.7 Å². The number of rotatable bonds is 13. The lowest BCUT2D eigenvalue weighted by atomic mass is 10.1. The first-order chi connectivity index (χ1) is 16.2. The monoisotopic (exact) mass is 482 g/mol. The second-order valence-corrected chi connectivity index (χ2v) is 7.93. The highest BCUT2D eigenvalue weighted by atomic mass is 16.6. The fourth-order valence-electron chi connectivity index (χ4n) is 3.49. The van der Waals surface area contributed by atoms with Crippen molar-refractivity contribution < 1.29 is 28.6 Å². The highest BCUT2D eigenvalue weighted by molar-refractivity contribution is 5.81. The van der Waals surface area contributed by atoms with E-state index in [2.05, 4.69) is 15.6 Å². The summed E-state index contributed by atoms with van der Waals surface area (Å²) in [6.45, 7) is 6.73. The van der Waals surface area contributed by atoms with Gasteiger partial charge in [0.1, 0.15) is 12.3 Å². The number of aromatic nitrogens is 2. The van der Waals surface area contributed by atoms with Crippen LogP contribution < -0.4 is 21.9 Å². The number of esters is 1. The van der Waals surface area contributed by atoms with Crippen LogP contribution in [0.1, 0.15) is 57.7 Å². The molecule has 12 nitrogen and oxygen atoms in total. The molecule has 0 spiro atoms. The molecular formula is C22H34N4O8. The SMILES string of the molecule is CCOCCC(=O)NCCNC(=O)CCC(=O)OC1CC(n2cc(C)c(=O)[nH]c2=O)OC1CC. The first-order valence-electron chi connectivity index (χ1n) is 11.5. The average Bonchev–Trinajstić information content (AvgIpc) is 3.20. The van der Waals surface area contributed by atoms with E-state index in [1.807, 2.05) is 13.8 Å². The topological polar surface area (TPSA) is 158 Å². The van der Waals surface area contributed by atoms with Gasteiger partial charge in [0.05, 0.1) is 19.1 Å². The van der Waals surface area contributed by atoms with Crippen molar-refractivity contribution in [2.24, 2.45) is 0 Å². The summed E-state index contributed by atoms with van der Waals surface area (Å²) in [5.74, 6) is -1.03. The van der Waals surface area contributed by atoms with Crippen LogP contribution in [0.2, 0.25) is 0 Å². The Kier molecular flexibility index (Phi) is 10.9. The van der Waals surface area contributed by atoms with Crippen LogP contribution in [0.5, 0.6) is 0 Å². The minimum atomic E-state index is -0.669. The summed E-state index contributed by atoms with van der Waals surface area (Å²) >= 11 is 0. The molecule has 190 valence electrons. The van der Waals surface area contributed by atoms with E-state index in [0.29, 0.717) is 25.2 Å². The van der Waals surface area contributed by atoms with Gasteiger partial charge in [-0.15, -0.1) is 0 Å². The Morgan fingerprint density at radius 1 is 1.12 bits per heavy atom. The lowest BCUT2D eigenvalue weighted by Gasteiger charge is -2.17. The summed E-state index contributed by atoms with van der Waals surface area (Å²) in [5.41, 5.74) is -0.686. The fraction of sp³-hybridized carbons (Fsp3) is 0.682. The van der Waals surface area contributed by atoms with Crippen LogP contribution in [0.15, 0.2) is 15.8 Å². The highest BCUT2D eigenvalue weighted by Gasteiger charge is 2.38. The Balaban J connectivity index is 1.73. The van der Waals surface area contributed by atoms with Gasteiger partial charge in [-0.1, -0.05) is 6.92 Å². The van der Waals surface area contributed by atoms with Gasteiger partial charge in [0.15, 0.2) is 0 Å². The molecule has 12 heteroatoms. The molecule has 0 radical (unpaired) electrons. The molecule has 1 aliphatic rings. The van der Waals surface area contributed by atoms with E-state index in [4.69, 9.17) is 14.2 Å². The van der Waals surface area contributed by atoms with Crippen molar-refractivity contribution in [1.82, 2.24) is 20.2 Å². The van der Waals surface area contributed by atoms with E-state index in [1.54, 1.807) is 6.92 Å². The van der Waals surface area contributed by atoms with Crippen LogP contribution in [0.4, 0.5) is 0 Å². The molecule has 2 rings (SSSR count). The summed E-state index contributed by atoms with van der Waals surface area (Å²) in [7, 11) is 0. The number of hydrogen-bond acceptors (Lipinski definition) is 8. The van der Waals surface area contributed by atoms with Gasteiger partial charge in [0.2, 0.25) is 11.8 Å². The van der Waals surface area contributed by atoms with Gasteiger partial charge in [-0.05, 0) is 20.3 Å². The van der Waals surface area contributed by atoms with Crippen LogP contribution in [-0.4, -0.2) is 65.8 Å². The molecular weight excluding hydrogens is 448 g/mol. The second-order valence-electron chi connectivity index (χ2n) is 7.93. The predicted molar refractivity (Wildman–Crippen MR) is 121 cm³/mol. The number of aryl methyl sites for hydroxylation is 1. The number of carbonyl (C=O) groups excluding carboxylic acids is 3. The molecule has 3 unspecified atom stereocenters. The van der Waals surface area contributed by atoms with Crippen molar-refractivity contribution in [2.75, 3.05) is 26.3 Å². The lowest BCUT2D eigenvalue weighted by molar-refractivity contribution is -0.153. The number of carbonyl (C=O) groups is 3. The molecule has 3 N–H and O–H groups in total. The Hall–Kier alpha value is -2.99. The Morgan fingerprint density at radius 2 is 1.79 bits per heavy atom. The summed E-state index contributed by atoms with van der Waals surface area (Å²) in [5, 5.41) is 5.30. The molecule has 1 aromatic heterocycles. The number of hydrogen-bond donors (Lipinski definition) is 3. The van der Waals surface area contributed by atoms with Gasteiger partial charge in [0, 0.05) is 50.7 Å². The molecule has 0 bridgehead atoms. The number of ether oxygens (including phenoxy) is 3. The van der Waals surface area contributed by atoms with Crippen LogP contribution in [0.25, 0.3) is 0 Å². The number of H-pyrrole nitrogens is 1. The number of nitrogens with one attached hydrogen (secondary N) is 3. The van der Waals surface area contributed by atoms with Crippen LogP contribution >= 0.6 is 0 Å². The van der Waals surface area contributed by atoms with Gasteiger partial charge in [-0.25, -0.2) is 4.79 Å². The zero-order valence-electron chi connectivity index (χ0n) is 19.9. The van der Waals surface area contributed by atoms with E-state index >= 15 is 0 Å². The minimum absolute atomic E-state index is 0.0521. The number of aromatic amines is 1. The lowest BCUT2D eigenvalue weighted by Crippen LogP contribution is -2.35. The van der Waals surface area contributed by atoms with Crippen molar-refractivity contribution in [3.05, 3.63) is 32.6 Å². The van der Waals surface area contributed by atoms with E-state index in [9.17, 15) is 24.0 Å². The molecule has 1 saturated heterocycles. The van der Waals surface area contributed by atoms with Crippen molar-refractivity contribution in [3.63, 3.8) is 0 Å². The predicted octanol–water partition coefficient (Wildman–Crippen LogP) is -0.106. The Morgan fingerprint density at radius 3 is 2.44 bits per heavy atom. The Bertz CT molecular complexity index is 957. The average molecular weight is 483 g/mol. The molecule has 34 heavy (non-hydrogen) atoms. The third-order valence-electron chi connectivity index (χ3n) is 5.32. The van der Waals surface area contributed by atoms with Gasteiger partial charge in [-0.2, -0.15) is 0 Å². The number of amides is 2. The molecule has 1 fully saturated rings. The molecule has 2 heterocycles. The van der Waals surface area contributed by atoms with E-state index in [-0.39, 0.29) is 50.6 Å². The van der Waals surface area contributed by atoms with E-state index in [1.165, 1.54) is 10.8 Å². The summed E-state index contributed by atoms with van der Waals surface area (Å²) in [6, 6.07) is 0. The highest BCUT2D eigenvalue weighted by Crippen LogP contribution is 2.31. The molecule has 0 aliphatic carbocycles. The zero-order chi connectivity index (χ0) is 25.1. The smallest absolute Gasteiger partial charge is 0.330 e. The third kappa shape index (κ3) is 8.41. The molecule has 0 saturated carbocycles. The largest absolute Gasteiger partial charge is 0.459 e. The molecule has 0 aromatic carbocycles. The Labute approximate surface area is 197 Å². The van der Waals surface area contributed by atoms with Gasteiger partial charge < -0.3 is 24.8 Å². The first-order valence-corrected chi connectivity index (χ1v) is 11.5. The fourth-order valence-corrected chi connectivity index (χ4v) is 3.49. The van der Waals surface area contributed by atoms with Crippen LogP contribution in [0, 0.1) is 6.92 Å². The van der Waals surface area contributed by atoms with Crippen LogP contribution in [0.3, 0.4) is 0 Å². The first kappa shape index (κ1) is 27.3. The van der Waals surface area contributed by atoms with Crippen molar-refractivity contribution >= 4 is 17.8 Å².